The Bertz CT molecular complexity index is 709. The largest absolute Gasteiger partial charge is 0.393 e. The summed E-state index contributed by atoms with van der Waals surface area (Å²) in [6.07, 6.45) is 4.36. The van der Waals surface area contributed by atoms with Gasteiger partial charge >= 0.3 is 0 Å². The molecule has 1 aliphatic heterocycles. The van der Waals surface area contributed by atoms with Gasteiger partial charge in [-0.15, -0.1) is 0 Å². The lowest BCUT2D eigenvalue weighted by atomic mass is 9.93. The van der Waals surface area contributed by atoms with Crippen molar-refractivity contribution in [2.75, 3.05) is 19.7 Å². The molecule has 2 heterocycles. The second kappa shape index (κ2) is 6.34. The summed E-state index contributed by atoms with van der Waals surface area (Å²) in [5.74, 6) is 0.0412. The summed E-state index contributed by atoms with van der Waals surface area (Å²) >= 11 is 0. The second-order valence-electron chi connectivity index (χ2n) is 6.61. The van der Waals surface area contributed by atoms with Crippen molar-refractivity contribution < 1.29 is 15.0 Å². The van der Waals surface area contributed by atoms with Crippen molar-refractivity contribution in [2.45, 2.75) is 38.2 Å². The number of fused-ring (bicyclic) bond motifs is 1. The quantitative estimate of drug-likeness (QED) is 0.804. The summed E-state index contributed by atoms with van der Waals surface area (Å²) in [7, 11) is 0. The molecule has 1 saturated heterocycles. The molecule has 1 fully saturated rings. The summed E-state index contributed by atoms with van der Waals surface area (Å²) in [6, 6.07) is 6.14. The van der Waals surface area contributed by atoms with E-state index in [0.29, 0.717) is 25.8 Å². The van der Waals surface area contributed by atoms with Crippen LogP contribution in [0.25, 0.3) is 10.9 Å². The maximum absolute atomic E-state index is 12.4. The number of hydrogen-bond donors (Lipinski definition) is 3. The number of aliphatic hydroxyl groups excluding tert-OH is 1. The van der Waals surface area contributed by atoms with Crippen LogP contribution in [0.1, 0.15) is 30.4 Å². The van der Waals surface area contributed by atoms with Crippen LogP contribution in [-0.2, 0) is 11.2 Å². The van der Waals surface area contributed by atoms with Gasteiger partial charge in [-0.25, -0.2) is 0 Å². The highest BCUT2D eigenvalue weighted by molar-refractivity contribution is 5.87. The molecule has 124 valence electrons. The molecule has 5 heteroatoms. The molecule has 0 radical (unpaired) electrons. The molecule has 3 rings (SSSR count). The maximum Gasteiger partial charge on any atom is 0.223 e. The molecule has 5 nitrogen and oxygen atoms in total. The van der Waals surface area contributed by atoms with Gasteiger partial charge in [0, 0.05) is 30.1 Å². The van der Waals surface area contributed by atoms with Crippen molar-refractivity contribution in [1.29, 1.82) is 0 Å². The third-order valence-corrected chi connectivity index (χ3v) is 4.81. The molecular weight excluding hydrogens is 292 g/mol. The standard InChI is InChI=1S/C18H24N2O3/c1-13-4-2-5-15-17(13)14(10-19-15)6-7-16(22)20-9-3-8-18(23,11-20)12-21/h2,4-5,10,19,21,23H,3,6-9,11-12H2,1H3. The fourth-order valence-electron chi connectivity index (χ4n) is 3.50. The van der Waals surface area contributed by atoms with E-state index in [2.05, 4.69) is 18.0 Å². The van der Waals surface area contributed by atoms with Crippen LogP contribution in [0, 0.1) is 6.92 Å². The Hall–Kier alpha value is -1.85. The second-order valence-corrected chi connectivity index (χ2v) is 6.61. The van der Waals surface area contributed by atoms with Gasteiger partial charge in [0.25, 0.3) is 0 Å². The van der Waals surface area contributed by atoms with E-state index >= 15 is 0 Å². The van der Waals surface area contributed by atoms with E-state index in [0.717, 1.165) is 17.5 Å². The van der Waals surface area contributed by atoms with E-state index in [-0.39, 0.29) is 19.1 Å². The highest BCUT2D eigenvalue weighted by atomic mass is 16.3. The van der Waals surface area contributed by atoms with E-state index in [1.165, 1.54) is 10.9 Å². The van der Waals surface area contributed by atoms with Crippen LogP contribution in [-0.4, -0.2) is 51.3 Å². The Morgan fingerprint density at radius 3 is 3.04 bits per heavy atom. The van der Waals surface area contributed by atoms with Crippen molar-refractivity contribution in [1.82, 2.24) is 9.88 Å². The van der Waals surface area contributed by atoms with Gasteiger partial charge in [0.05, 0.1) is 13.2 Å². The first-order chi connectivity index (χ1) is 11.0. The number of β-amino-alcohol motifs (C(OH)–C–C–N with tert-alkyl or cyclic N) is 1. The number of piperidine rings is 1. The Kier molecular flexibility index (Phi) is 4.41. The van der Waals surface area contributed by atoms with Gasteiger partial charge in [-0.1, -0.05) is 12.1 Å². The van der Waals surface area contributed by atoms with Crippen molar-refractivity contribution in [3.8, 4) is 0 Å². The summed E-state index contributed by atoms with van der Waals surface area (Å²) in [5.41, 5.74) is 2.32. The van der Waals surface area contributed by atoms with Gasteiger partial charge in [-0.3, -0.25) is 4.79 Å². The molecular formula is C18H24N2O3. The molecule has 0 spiro atoms. The van der Waals surface area contributed by atoms with Gasteiger partial charge in [-0.05, 0) is 43.4 Å². The number of aromatic amines is 1. The fourth-order valence-corrected chi connectivity index (χ4v) is 3.50. The van der Waals surface area contributed by atoms with E-state index in [1.54, 1.807) is 4.90 Å². The smallest absolute Gasteiger partial charge is 0.223 e. The molecule has 0 saturated carbocycles. The predicted molar refractivity (Wildman–Crippen MR) is 89.2 cm³/mol. The molecule has 1 aromatic carbocycles. The number of rotatable bonds is 4. The zero-order valence-electron chi connectivity index (χ0n) is 13.5. The number of carbonyl (C=O) groups is 1. The van der Waals surface area contributed by atoms with Crippen LogP contribution in [0.4, 0.5) is 0 Å². The van der Waals surface area contributed by atoms with Crippen molar-refractivity contribution in [3.05, 3.63) is 35.5 Å². The highest BCUT2D eigenvalue weighted by Gasteiger charge is 2.34. The average Bonchev–Trinajstić information content (AvgIpc) is 2.97. The monoisotopic (exact) mass is 316 g/mol. The lowest BCUT2D eigenvalue weighted by molar-refractivity contribution is -0.140. The Morgan fingerprint density at radius 2 is 2.26 bits per heavy atom. The van der Waals surface area contributed by atoms with Crippen LogP contribution < -0.4 is 0 Å². The topological polar surface area (TPSA) is 76.6 Å². The van der Waals surface area contributed by atoms with E-state index < -0.39 is 5.60 Å². The summed E-state index contributed by atoms with van der Waals surface area (Å²) in [5, 5.41) is 20.7. The van der Waals surface area contributed by atoms with Crippen LogP contribution in [0.15, 0.2) is 24.4 Å². The molecule has 0 aliphatic carbocycles. The summed E-state index contributed by atoms with van der Waals surface area (Å²) < 4.78 is 0. The summed E-state index contributed by atoms with van der Waals surface area (Å²) in [4.78, 5) is 17.4. The van der Waals surface area contributed by atoms with Gasteiger partial charge in [0.2, 0.25) is 5.91 Å². The lowest BCUT2D eigenvalue weighted by Crippen LogP contribution is -2.52. The van der Waals surface area contributed by atoms with Crippen molar-refractivity contribution in [2.24, 2.45) is 0 Å². The number of H-pyrrole nitrogens is 1. The van der Waals surface area contributed by atoms with Crippen molar-refractivity contribution >= 4 is 16.8 Å². The van der Waals surface area contributed by atoms with Gasteiger partial charge in [0.15, 0.2) is 0 Å². The number of carbonyl (C=O) groups excluding carboxylic acids is 1. The summed E-state index contributed by atoms with van der Waals surface area (Å²) in [6.45, 7) is 2.68. The number of hydrogen-bond acceptors (Lipinski definition) is 3. The minimum atomic E-state index is -1.13. The molecule has 1 amide bonds. The molecule has 3 N–H and O–H groups in total. The molecule has 1 aliphatic rings. The molecule has 23 heavy (non-hydrogen) atoms. The molecule has 2 aromatic rings. The van der Waals surface area contributed by atoms with Crippen LogP contribution in [0.3, 0.4) is 0 Å². The molecule has 1 unspecified atom stereocenters. The minimum absolute atomic E-state index is 0.0412. The highest BCUT2D eigenvalue weighted by Crippen LogP contribution is 2.25. The van der Waals surface area contributed by atoms with Gasteiger partial charge < -0.3 is 20.1 Å². The molecule has 1 atom stereocenters. The zero-order chi connectivity index (χ0) is 16.4. The van der Waals surface area contributed by atoms with Crippen LogP contribution in [0.2, 0.25) is 0 Å². The van der Waals surface area contributed by atoms with E-state index in [1.807, 2.05) is 18.3 Å². The number of amides is 1. The van der Waals surface area contributed by atoms with E-state index in [9.17, 15) is 15.0 Å². The minimum Gasteiger partial charge on any atom is -0.393 e. The number of aliphatic hydroxyl groups is 2. The van der Waals surface area contributed by atoms with Crippen molar-refractivity contribution in [3.63, 3.8) is 0 Å². The van der Waals surface area contributed by atoms with Crippen LogP contribution >= 0.6 is 0 Å². The first kappa shape index (κ1) is 16.0. The van der Waals surface area contributed by atoms with E-state index in [4.69, 9.17) is 0 Å². The molecule has 0 bridgehead atoms. The predicted octanol–water partition coefficient (Wildman–Crippen LogP) is 1.75. The first-order valence-corrected chi connectivity index (χ1v) is 8.19. The SMILES string of the molecule is Cc1cccc2[nH]cc(CCC(=O)N3CCCC(O)(CO)C3)c12. The number of nitrogens with one attached hydrogen (secondary N) is 1. The number of aromatic nitrogens is 1. The normalized spacial score (nSPS) is 21.8. The van der Waals surface area contributed by atoms with Crippen LogP contribution in [0.5, 0.6) is 0 Å². The lowest BCUT2D eigenvalue weighted by Gasteiger charge is -2.38. The molecule has 1 aromatic heterocycles. The third kappa shape index (κ3) is 3.26. The Balaban J connectivity index is 1.67. The number of aryl methyl sites for hydroxylation is 2. The van der Waals surface area contributed by atoms with Gasteiger partial charge in [-0.2, -0.15) is 0 Å². The number of nitrogens with zero attached hydrogens (tertiary/aromatic N) is 1. The number of benzene rings is 1. The first-order valence-electron chi connectivity index (χ1n) is 8.19. The third-order valence-electron chi connectivity index (χ3n) is 4.81. The average molecular weight is 316 g/mol. The zero-order valence-corrected chi connectivity index (χ0v) is 13.5. The fraction of sp³-hybridized carbons (Fsp3) is 0.500. The Morgan fingerprint density at radius 1 is 1.43 bits per heavy atom. The van der Waals surface area contributed by atoms with Gasteiger partial charge in [0.1, 0.15) is 5.60 Å². The number of likely N-dealkylation sites (tertiary alicyclic amines) is 1. The Labute approximate surface area is 135 Å². The maximum atomic E-state index is 12.4.